The fraction of sp³-hybridized carbons (Fsp3) is 0.308. The summed E-state index contributed by atoms with van der Waals surface area (Å²) in [6.45, 7) is 3.80. The Balaban J connectivity index is 2.85. The Kier molecular flexibility index (Phi) is 5.05. The molecule has 0 saturated heterocycles. The summed E-state index contributed by atoms with van der Waals surface area (Å²) in [5, 5.41) is 11.2. The van der Waals surface area contributed by atoms with Crippen molar-refractivity contribution < 1.29 is 14.6 Å². The molecule has 0 aliphatic rings. The number of ether oxygens (including phenoxy) is 1. The second-order valence-corrected chi connectivity index (χ2v) is 3.34. The lowest BCUT2D eigenvalue weighted by molar-refractivity contribution is 0.168. The Labute approximate surface area is 101 Å². The van der Waals surface area contributed by atoms with Gasteiger partial charge in [-0.15, -0.1) is 0 Å². The van der Waals surface area contributed by atoms with Crippen molar-refractivity contribution in [3.05, 3.63) is 29.3 Å². The molecule has 1 rings (SSSR count). The molecule has 0 atom stereocenters. The molecule has 1 amide bonds. The third-order valence-electron chi connectivity index (χ3n) is 2.06. The van der Waals surface area contributed by atoms with Crippen LogP contribution in [0.5, 0.6) is 0 Å². The molecule has 1 aromatic rings. The van der Waals surface area contributed by atoms with E-state index in [9.17, 15) is 4.79 Å². The number of amides is 1. The number of aliphatic hydroxyl groups excluding tert-OH is 1. The zero-order valence-electron chi connectivity index (χ0n) is 9.91. The molecule has 2 N–H and O–H groups in total. The summed E-state index contributed by atoms with van der Waals surface area (Å²) in [6.07, 6.45) is -0.488. The Morgan fingerprint density at radius 1 is 1.53 bits per heavy atom. The van der Waals surface area contributed by atoms with E-state index in [-0.39, 0.29) is 6.61 Å². The van der Waals surface area contributed by atoms with E-state index in [1.165, 1.54) is 0 Å². The quantitative estimate of drug-likeness (QED) is 0.767. The maximum atomic E-state index is 11.2. The van der Waals surface area contributed by atoms with Gasteiger partial charge in [0.2, 0.25) is 0 Å². The van der Waals surface area contributed by atoms with Crippen molar-refractivity contribution in [3.8, 4) is 11.8 Å². The molecule has 17 heavy (non-hydrogen) atoms. The van der Waals surface area contributed by atoms with Crippen LogP contribution in [0.1, 0.15) is 18.1 Å². The Bertz CT molecular complexity index is 457. The zero-order valence-corrected chi connectivity index (χ0v) is 9.91. The summed E-state index contributed by atoms with van der Waals surface area (Å²) in [5.74, 6) is 5.39. The lowest BCUT2D eigenvalue weighted by atomic mass is 10.1. The van der Waals surface area contributed by atoms with E-state index in [1.807, 2.05) is 13.0 Å². The molecule has 4 heteroatoms. The predicted octanol–water partition coefficient (Wildman–Crippen LogP) is 1.91. The van der Waals surface area contributed by atoms with E-state index in [2.05, 4.69) is 17.2 Å². The van der Waals surface area contributed by atoms with E-state index < -0.39 is 6.09 Å². The van der Waals surface area contributed by atoms with Crippen molar-refractivity contribution in [3.63, 3.8) is 0 Å². The maximum absolute atomic E-state index is 11.2. The Morgan fingerprint density at radius 3 is 2.94 bits per heavy atom. The number of benzene rings is 1. The smallest absolute Gasteiger partial charge is 0.411 e. The van der Waals surface area contributed by atoms with Gasteiger partial charge in [0, 0.05) is 11.3 Å². The van der Waals surface area contributed by atoms with Crippen molar-refractivity contribution in [2.45, 2.75) is 13.8 Å². The molecule has 0 aromatic heterocycles. The second kappa shape index (κ2) is 6.56. The van der Waals surface area contributed by atoms with Crippen LogP contribution >= 0.6 is 0 Å². The number of aliphatic hydroxyl groups is 1. The maximum Gasteiger partial charge on any atom is 0.411 e. The topological polar surface area (TPSA) is 58.6 Å². The number of carbonyl (C=O) groups is 1. The number of aryl methyl sites for hydroxylation is 1. The van der Waals surface area contributed by atoms with Crippen molar-refractivity contribution in [2.75, 3.05) is 18.5 Å². The molecule has 0 fully saturated rings. The normalized spacial score (nSPS) is 9.12. The van der Waals surface area contributed by atoms with Crippen molar-refractivity contribution in [1.82, 2.24) is 0 Å². The lowest BCUT2D eigenvalue weighted by Gasteiger charge is -2.06. The number of anilines is 1. The summed E-state index contributed by atoms with van der Waals surface area (Å²) >= 11 is 0. The van der Waals surface area contributed by atoms with Crippen LogP contribution in [-0.2, 0) is 4.74 Å². The minimum Gasteiger partial charge on any atom is -0.450 e. The highest BCUT2D eigenvalue weighted by molar-refractivity contribution is 5.84. The largest absolute Gasteiger partial charge is 0.450 e. The summed E-state index contributed by atoms with van der Waals surface area (Å²) < 4.78 is 4.77. The van der Waals surface area contributed by atoms with E-state index in [4.69, 9.17) is 9.84 Å². The second-order valence-electron chi connectivity index (χ2n) is 3.34. The number of rotatable bonds is 2. The van der Waals surface area contributed by atoms with Crippen LogP contribution in [0.25, 0.3) is 0 Å². The monoisotopic (exact) mass is 233 g/mol. The molecule has 0 aliphatic heterocycles. The highest BCUT2D eigenvalue weighted by Crippen LogP contribution is 2.14. The molecule has 0 aliphatic carbocycles. The first-order valence-corrected chi connectivity index (χ1v) is 5.31. The van der Waals surface area contributed by atoms with Crippen LogP contribution in [0.4, 0.5) is 10.5 Å². The molecule has 1 aromatic carbocycles. The molecule has 0 radical (unpaired) electrons. The van der Waals surface area contributed by atoms with Crippen LogP contribution in [0.3, 0.4) is 0 Å². The Hall–Kier alpha value is -1.99. The van der Waals surface area contributed by atoms with Crippen molar-refractivity contribution in [1.29, 1.82) is 0 Å². The highest BCUT2D eigenvalue weighted by Gasteiger charge is 2.03. The highest BCUT2D eigenvalue weighted by atomic mass is 16.5. The molecule has 0 unspecified atom stereocenters. The number of nitrogens with one attached hydrogen (secondary N) is 1. The SMILES string of the molecule is CCOC(=O)Nc1ccc(C)c(C#CCO)c1. The average molecular weight is 233 g/mol. The van der Waals surface area contributed by atoms with E-state index in [1.54, 1.807) is 19.1 Å². The van der Waals surface area contributed by atoms with Gasteiger partial charge in [-0.25, -0.2) is 4.79 Å². The summed E-state index contributed by atoms with van der Waals surface area (Å²) in [6, 6.07) is 5.37. The molecule has 90 valence electrons. The molecule has 0 saturated carbocycles. The van der Waals surface area contributed by atoms with Crippen LogP contribution in [0.2, 0.25) is 0 Å². The number of hydrogen-bond acceptors (Lipinski definition) is 3. The van der Waals surface area contributed by atoms with Crippen LogP contribution in [-0.4, -0.2) is 24.4 Å². The molecular weight excluding hydrogens is 218 g/mol. The Morgan fingerprint density at radius 2 is 2.29 bits per heavy atom. The lowest BCUT2D eigenvalue weighted by Crippen LogP contribution is -2.13. The van der Waals surface area contributed by atoms with Gasteiger partial charge in [0.05, 0.1) is 6.61 Å². The van der Waals surface area contributed by atoms with Gasteiger partial charge in [0.25, 0.3) is 0 Å². The molecule has 0 heterocycles. The first kappa shape index (κ1) is 13.1. The van der Waals surface area contributed by atoms with E-state index >= 15 is 0 Å². The van der Waals surface area contributed by atoms with Gasteiger partial charge in [0.15, 0.2) is 0 Å². The fourth-order valence-corrected chi connectivity index (χ4v) is 1.25. The van der Waals surface area contributed by atoms with Gasteiger partial charge < -0.3 is 9.84 Å². The van der Waals surface area contributed by atoms with Crippen molar-refractivity contribution >= 4 is 11.8 Å². The molecular formula is C13H15NO3. The fourth-order valence-electron chi connectivity index (χ4n) is 1.25. The average Bonchev–Trinajstić information content (AvgIpc) is 2.30. The van der Waals surface area contributed by atoms with E-state index in [0.29, 0.717) is 12.3 Å². The van der Waals surface area contributed by atoms with E-state index in [0.717, 1.165) is 11.1 Å². The summed E-state index contributed by atoms with van der Waals surface area (Å²) in [4.78, 5) is 11.2. The zero-order chi connectivity index (χ0) is 12.7. The third-order valence-corrected chi connectivity index (χ3v) is 2.06. The van der Waals surface area contributed by atoms with Gasteiger partial charge in [-0.2, -0.15) is 0 Å². The van der Waals surface area contributed by atoms with Crippen LogP contribution in [0, 0.1) is 18.8 Å². The first-order valence-electron chi connectivity index (χ1n) is 5.31. The summed E-state index contributed by atoms with van der Waals surface area (Å²) in [5.41, 5.74) is 2.38. The van der Waals surface area contributed by atoms with Crippen LogP contribution in [0.15, 0.2) is 18.2 Å². The van der Waals surface area contributed by atoms with Crippen LogP contribution < -0.4 is 5.32 Å². The number of carbonyl (C=O) groups excluding carboxylic acids is 1. The summed E-state index contributed by atoms with van der Waals surface area (Å²) in [7, 11) is 0. The van der Waals surface area contributed by atoms with Gasteiger partial charge in [-0.3, -0.25) is 5.32 Å². The standard InChI is InChI=1S/C13H15NO3/c1-3-17-13(16)14-12-7-6-10(2)11(9-12)5-4-8-15/h6-7,9,15H,3,8H2,1-2H3,(H,14,16). The predicted molar refractivity (Wildman–Crippen MR) is 65.8 cm³/mol. The molecule has 0 spiro atoms. The van der Waals surface area contributed by atoms with Gasteiger partial charge in [-0.1, -0.05) is 17.9 Å². The minimum absolute atomic E-state index is 0.186. The van der Waals surface area contributed by atoms with Gasteiger partial charge >= 0.3 is 6.09 Å². The third kappa shape index (κ3) is 4.17. The number of hydrogen-bond donors (Lipinski definition) is 2. The molecule has 0 bridgehead atoms. The molecule has 4 nitrogen and oxygen atoms in total. The van der Waals surface area contributed by atoms with Gasteiger partial charge in [0.1, 0.15) is 6.61 Å². The first-order chi connectivity index (χ1) is 8.17. The minimum atomic E-state index is -0.488. The van der Waals surface area contributed by atoms with Gasteiger partial charge in [-0.05, 0) is 31.5 Å². The van der Waals surface area contributed by atoms with Crippen molar-refractivity contribution in [2.24, 2.45) is 0 Å².